The van der Waals surface area contributed by atoms with Gasteiger partial charge < -0.3 is 4.74 Å². The predicted octanol–water partition coefficient (Wildman–Crippen LogP) is 4.17. The van der Waals surface area contributed by atoms with Crippen LogP contribution in [0.4, 0.5) is 0 Å². The van der Waals surface area contributed by atoms with E-state index in [1.165, 1.54) is 6.08 Å². The molecule has 2 aromatic rings. The second-order valence-corrected chi connectivity index (χ2v) is 4.53. The molecule has 0 amide bonds. The van der Waals surface area contributed by atoms with Gasteiger partial charge in [0.05, 0.1) is 4.92 Å². The molecule has 0 atom stereocenters. The SMILES string of the molecule is O=[N+]([O-])C=Cc1cccc(OCc2cccc(Cl)c2)c1. The fourth-order valence-corrected chi connectivity index (χ4v) is 1.86. The number of rotatable bonds is 5. The zero-order valence-electron chi connectivity index (χ0n) is 10.5. The minimum Gasteiger partial charge on any atom is -0.489 e. The van der Waals surface area contributed by atoms with Crippen molar-refractivity contribution in [3.8, 4) is 5.75 Å². The van der Waals surface area contributed by atoms with E-state index in [2.05, 4.69) is 0 Å². The molecular formula is C15H12ClNO3. The average molecular weight is 290 g/mol. The van der Waals surface area contributed by atoms with E-state index >= 15 is 0 Å². The summed E-state index contributed by atoms with van der Waals surface area (Å²) in [5, 5.41) is 10.9. The van der Waals surface area contributed by atoms with Crippen LogP contribution < -0.4 is 4.74 Å². The van der Waals surface area contributed by atoms with Crippen molar-refractivity contribution >= 4 is 17.7 Å². The highest BCUT2D eigenvalue weighted by Gasteiger charge is 1.98. The molecule has 0 aliphatic heterocycles. The van der Waals surface area contributed by atoms with Crippen LogP contribution in [-0.2, 0) is 6.61 Å². The summed E-state index contributed by atoms with van der Waals surface area (Å²) in [5.74, 6) is 0.649. The third-order valence-corrected chi connectivity index (χ3v) is 2.78. The van der Waals surface area contributed by atoms with E-state index < -0.39 is 4.92 Å². The van der Waals surface area contributed by atoms with Crippen molar-refractivity contribution in [3.63, 3.8) is 0 Å². The number of hydrogen-bond donors (Lipinski definition) is 0. The second-order valence-electron chi connectivity index (χ2n) is 4.09. The van der Waals surface area contributed by atoms with Crippen molar-refractivity contribution in [2.75, 3.05) is 0 Å². The summed E-state index contributed by atoms with van der Waals surface area (Å²) in [5.41, 5.74) is 1.68. The molecular weight excluding hydrogens is 278 g/mol. The van der Waals surface area contributed by atoms with E-state index in [0.29, 0.717) is 22.9 Å². The number of nitro groups is 1. The molecule has 0 aliphatic carbocycles. The summed E-state index contributed by atoms with van der Waals surface area (Å²) >= 11 is 5.89. The second kappa shape index (κ2) is 6.73. The molecule has 5 heteroatoms. The lowest BCUT2D eigenvalue weighted by atomic mass is 10.2. The quantitative estimate of drug-likeness (QED) is 0.613. The van der Waals surface area contributed by atoms with E-state index in [9.17, 15) is 10.1 Å². The van der Waals surface area contributed by atoms with Crippen LogP contribution in [0.3, 0.4) is 0 Å². The van der Waals surface area contributed by atoms with Gasteiger partial charge in [-0.15, -0.1) is 0 Å². The highest BCUT2D eigenvalue weighted by atomic mass is 35.5. The van der Waals surface area contributed by atoms with E-state index in [0.717, 1.165) is 11.8 Å². The van der Waals surface area contributed by atoms with Gasteiger partial charge in [-0.3, -0.25) is 10.1 Å². The van der Waals surface area contributed by atoms with Gasteiger partial charge in [-0.05, 0) is 35.4 Å². The Hall–Kier alpha value is -2.33. The standard InChI is InChI=1S/C15H12ClNO3/c16-14-5-1-4-13(9-14)11-20-15-6-2-3-12(10-15)7-8-17(18)19/h1-10H,11H2. The summed E-state index contributed by atoms with van der Waals surface area (Å²) in [4.78, 5) is 9.77. The molecule has 4 nitrogen and oxygen atoms in total. The van der Waals surface area contributed by atoms with E-state index in [-0.39, 0.29) is 0 Å². The van der Waals surface area contributed by atoms with Gasteiger partial charge in [0.1, 0.15) is 12.4 Å². The van der Waals surface area contributed by atoms with Crippen molar-refractivity contribution in [1.29, 1.82) is 0 Å². The van der Waals surface area contributed by atoms with Crippen molar-refractivity contribution in [3.05, 3.63) is 81.0 Å². The molecule has 2 rings (SSSR count). The monoisotopic (exact) mass is 289 g/mol. The summed E-state index contributed by atoms with van der Waals surface area (Å²) in [6, 6.07) is 14.5. The van der Waals surface area contributed by atoms with Gasteiger partial charge in [-0.25, -0.2) is 0 Å². The molecule has 0 unspecified atom stereocenters. The fraction of sp³-hybridized carbons (Fsp3) is 0.0667. The van der Waals surface area contributed by atoms with Crippen molar-refractivity contribution in [1.82, 2.24) is 0 Å². The van der Waals surface area contributed by atoms with Gasteiger partial charge in [0.15, 0.2) is 0 Å². The molecule has 0 saturated carbocycles. The van der Waals surface area contributed by atoms with E-state index in [1.807, 2.05) is 18.2 Å². The minimum absolute atomic E-state index is 0.392. The first-order valence-corrected chi connectivity index (χ1v) is 6.30. The number of halogens is 1. The van der Waals surface area contributed by atoms with Crippen LogP contribution in [0.2, 0.25) is 5.02 Å². The molecule has 0 saturated heterocycles. The van der Waals surface area contributed by atoms with Crippen LogP contribution in [0.5, 0.6) is 5.75 Å². The van der Waals surface area contributed by atoms with Crippen molar-refractivity contribution < 1.29 is 9.66 Å². The van der Waals surface area contributed by atoms with Gasteiger partial charge in [-0.2, -0.15) is 0 Å². The first-order chi connectivity index (χ1) is 9.63. The molecule has 0 N–H and O–H groups in total. The summed E-state index contributed by atoms with van der Waals surface area (Å²) in [7, 11) is 0. The molecule has 0 spiro atoms. The Morgan fingerprint density at radius 3 is 2.75 bits per heavy atom. The number of benzene rings is 2. The largest absolute Gasteiger partial charge is 0.489 e. The zero-order chi connectivity index (χ0) is 14.4. The molecule has 0 bridgehead atoms. The van der Waals surface area contributed by atoms with E-state index in [4.69, 9.17) is 16.3 Å². The summed E-state index contributed by atoms with van der Waals surface area (Å²) in [6.07, 6.45) is 2.32. The predicted molar refractivity (Wildman–Crippen MR) is 78.3 cm³/mol. The van der Waals surface area contributed by atoms with Crippen LogP contribution in [0.25, 0.3) is 6.08 Å². The molecule has 2 aromatic carbocycles. The molecule has 102 valence electrons. The lowest BCUT2D eigenvalue weighted by molar-refractivity contribution is -0.400. The lowest BCUT2D eigenvalue weighted by Crippen LogP contribution is -1.95. The molecule has 0 fully saturated rings. The summed E-state index contributed by atoms with van der Waals surface area (Å²) < 4.78 is 5.63. The maximum absolute atomic E-state index is 10.3. The molecule has 0 aromatic heterocycles. The molecule has 20 heavy (non-hydrogen) atoms. The maximum Gasteiger partial charge on any atom is 0.235 e. The number of ether oxygens (including phenoxy) is 1. The van der Waals surface area contributed by atoms with Gasteiger partial charge in [-0.1, -0.05) is 35.9 Å². The maximum atomic E-state index is 10.3. The smallest absolute Gasteiger partial charge is 0.235 e. The van der Waals surface area contributed by atoms with Gasteiger partial charge >= 0.3 is 0 Å². The van der Waals surface area contributed by atoms with Gasteiger partial charge in [0.25, 0.3) is 0 Å². The first kappa shape index (κ1) is 14.1. The highest BCUT2D eigenvalue weighted by Crippen LogP contribution is 2.17. The first-order valence-electron chi connectivity index (χ1n) is 5.92. The zero-order valence-corrected chi connectivity index (χ0v) is 11.3. The fourth-order valence-electron chi connectivity index (χ4n) is 1.65. The molecule has 0 radical (unpaired) electrons. The van der Waals surface area contributed by atoms with E-state index in [1.54, 1.807) is 30.3 Å². The van der Waals surface area contributed by atoms with Crippen LogP contribution in [0.1, 0.15) is 11.1 Å². The Labute approximate surface area is 121 Å². The van der Waals surface area contributed by atoms with Crippen LogP contribution in [0.15, 0.2) is 54.7 Å². The number of hydrogen-bond acceptors (Lipinski definition) is 3. The molecule has 0 heterocycles. The third kappa shape index (κ3) is 4.40. The van der Waals surface area contributed by atoms with Crippen LogP contribution >= 0.6 is 11.6 Å². The highest BCUT2D eigenvalue weighted by molar-refractivity contribution is 6.30. The van der Waals surface area contributed by atoms with Crippen molar-refractivity contribution in [2.45, 2.75) is 6.61 Å². The summed E-state index contributed by atoms with van der Waals surface area (Å²) in [6.45, 7) is 0.392. The number of nitrogens with zero attached hydrogens (tertiary/aromatic N) is 1. The minimum atomic E-state index is -0.500. The Morgan fingerprint density at radius 1 is 1.20 bits per heavy atom. The average Bonchev–Trinajstić information content (AvgIpc) is 2.43. The normalized spacial score (nSPS) is 10.7. The third-order valence-electron chi connectivity index (χ3n) is 2.54. The van der Waals surface area contributed by atoms with Gasteiger partial charge in [0.2, 0.25) is 6.20 Å². The lowest BCUT2D eigenvalue weighted by Gasteiger charge is -2.07. The van der Waals surface area contributed by atoms with Crippen LogP contribution in [0, 0.1) is 10.1 Å². The molecule has 0 aliphatic rings. The topological polar surface area (TPSA) is 52.4 Å². The Morgan fingerprint density at radius 2 is 2.00 bits per heavy atom. The Kier molecular flexibility index (Phi) is 4.74. The Balaban J connectivity index is 2.03. The van der Waals surface area contributed by atoms with Crippen molar-refractivity contribution in [2.24, 2.45) is 0 Å². The Bertz CT molecular complexity index is 641. The van der Waals surface area contributed by atoms with Crippen LogP contribution in [-0.4, -0.2) is 4.92 Å². The van der Waals surface area contributed by atoms with Gasteiger partial charge in [0, 0.05) is 11.1 Å².